The Morgan fingerprint density at radius 2 is 1.63 bits per heavy atom. The van der Waals surface area contributed by atoms with Crippen molar-refractivity contribution >= 4 is 19.7 Å². The Kier molecular flexibility index (Phi) is 9.27. The summed E-state index contributed by atoms with van der Waals surface area (Å²) < 4.78 is 84.9. The summed E-state index contributed by atoms with van der Waals surface area (Å²) in [6.45, 7) is 6.49. The van der Waals surface area contributed by atoms with E-state index in [0.29, 0.717) is 18.4 Å². The molecule has 210 valence electrons. The first kappa shape index (κ1) is 30.1. The van der Waals surface area contributed by atoms with Crippen molar-refractivity contribution in [3.63, 3.8) is 0 Å². The lowest BCUT2D eigenvalue weighted by Crippen LogP contribution is -2.44. The van der Waals surface area contributed by atoms with Crippen LogP contribution in [0.3, 0.4) is 0 Å². The number of hydrogen-bond donors (Lipinski definition) is 0. The summed E-state index contributed by atoms with van der Waals surface area (Å²) >= 11 is 0. The van der Waals surface area contributed by atoms with Gasteiger partial charge in [0.2, 0.25) is 0 Å². The van der Waals surface area contributed by atoms with Crippen LogP contribution in [-0.2, 0) is 15.7 Å². The van der Waals surface area contributed by atoms with E-state index in [1.165, 1.54) is 19.2 Å². The quantitative estimate of drug-likeness (QED) is 0.175. The van der Waals surface area contributed by atoms with Crippen molar-refractivity contribution < 1.29 is 35.9 Å². The minimum Gasteiger partial charge on any atom is -0.469 e. The lowest BCUT2D eigenvalue weighted by molar-refractivity contribution is -0.141. The minimum absolute atomic E-state index is 0.0701. The highest BCUT2D eigenvalue weighted by molar-refractivity contribution is 6.76. The second-order valence-corrected chi connectivity index (χ2v) is 16.8. The minimum atomic E-state index is -4.50. The van der Waals surface area contributed by atoms with Crippen molar-refractivity contribution in [3.8, 4) is 0 Å². The predicted octanol–water partition coefficient (Wildman–Crippen LogP) is 8.74. The monoisotopic (exact) mass is 559 g/mol. The number of para-hydroxylation sites is 1. The third kappa shape index (κ3) is 8.00. The van der Waals surface area contributed by atoms with E-state index in [1.54, 1.807) is 6.07 Å². The fourth-order valence-corrected chi connectivity index (χ4v) is 6.42. The summed E-state index contributed by atoms with van der Waals surface area (Å²) in [4.78, 5) is 14.2. The molecule has 10 heteroatoms. The molecule has 0 saturated heterocycles. The van der Waals surface area contributed by atoms with Crippen LogP contribution in [0.15, 0.2) is 48.5 Å². The number of nitrogens with zero attached hydrogens (tertiary/aromatic N) is 1. The Morgan fingerprint density at radius 1 is 1.00 bits per heavy atom. The highest BCUT2D eigenvalue weighted by Gasteiger charge is 2.40. The third-order valence-corrected chi connectivity index (χ3v) is 8.93. The van der Waals surface area contributed by atoms with Gasteiger partial charge in [-0.15, -0.1) is 0 Å². The van der Waals surface area contributed by atoms with Gasteiger partial charge in [-0.25, -0.2) is 0 Å². The van der Waals surface area contributed by atoms with Crippen LogP contribution in [0.4, 0.5) is 32.0 Å². The molecule has 2 aromatic carbocycles. The molecule has 3 nitrogen and oxygen atoms in total. The Morgan fingerprint density at radius 3 is 2.18 bits per heavy atom. The van der Waals surface area contributed by atoms with Crippen LogP contribution in [0.25, 0.3) is 0 Å². The fraction of sp³-hybridized carbons (Fsp3) is 0.536. The Labute approximate surface area is 221 Å². The number of esters is 1. The second kappa shape index (κ2) is 11.7. The molecule has 1 heterocycles. The number of rotatable bonds is 9. The van der Waals surface area contributed by atoms with Crippen LogP contribution < -0.4 is 4.90 Å². The first-order valence-corrected chi connectivity index (χ1v) is 16.5. The molecule has 0 saturated carbocycles. The van der Waals surface area contributed by atoms with Gasteiger partial charge in [0.05, 0.1) is 25.1 Å². The number of benzene rings is 2. The van der Waals surface area contributed by atoms with Crippen LogP contribution in [-0.4, -0.2) is 33.4 Å². The molecular formula is C28H35F6NO2Si. The standard InChI is InChI=1S/C28H35F6NO2Si/c1-37-26(36)18-20-17-25(19-9-11-21(12-10-19)28(32,33)34)35(24-8-6-5-7-23(20)24)22(13-15-27(29,30)31)14-16-38(2,3)4/h5-12,20,22,25H,13-18H2,1-4H3. The third-order valence-electron chi connectivity index (χ3n) is 7.14. The first-order chi connectivity index (χ1) is 17.6. The van der Waals surface area contributed by atoms with Gasteiger partial charge in [-0.1, -0.05) is 56.0 Å². The number of fused-ring (bicyclic) bond motifs is 1. The van der Waals surface area contributed by atoms with Crippen molar-refractivity contribution in [2.75, 3.05) is 12.0 Å². The molecule has 3 rings (SSSR count). The topological polar surface area (TPSA) is 29.5 Å². The summed E-state index contributed by atoms with van der Waals surface area (Å²) in [5.41, 5.74) is 1.35. The number of methoxy groups -OCH3 is 1. The SMILES string of the molecule is COC(=O)CC1CC(c2ccc(C(F)(F)F)cc2)N(C(CCC(F)(F)F)CC[Si](C)(C)C)c2ccccc21. The normalized spacial score (nSPS) is 19.2. The zero-order chi connectivity index (χ0) is 28.3. The van der Waals surface area contributed by atoms with Crippen LogP contribution in [0.5, 0.6) is 0 Å². The van der Waals surface area contributed by atoms with Crippen LogP contribution >= 0.6 is 0 Å². The zero-order valence-electron chi connectivity index (χ0n) is 22.1. The van der Waals surface area contributed by atoms with Crippen molar-refractivity contribution in [2.45, 2.75) is 88.1 Å². The van der Waals surface area contributed by atoms with E-state index in [9.17, 15) is 31.1 Å². The van der Waals surface area contributed by atoms with Gasteiger partial charge in [-0.05, 0) is 54.5 Å². The number of carbonyl (C=O) groups is 1. The molecule has 2 aromatic rings. The molecule has 0 aromatic heterocycles. The first-order valence-electron chi connectivity index (χ1n) is 12.8. The highest BCUT2D eigenvalue weighted by atomic mass is 28.3. The van der Waals surface area contributed by atoms with Gasteiger partial charge >= 0.3 is 18.3 Å². The van der Waals surface area contributed by atoms with E-state index < -0.39 is 50.5 Å². The van der Waals surface area contributed by atoms with E-state index in [1.807, 2.05) is 23.1 Å². The average molecular weight is 560 g/mol. The molecule has 0 bridgehead atoms. The Balaban J connectivity index is 2.12. The van der Waals surface area contributed by atoms with E-state index in [0.717, 1.165) is 29.4 Å². The molecule has 0 N–H and O–H groups in total. The maximum atomic E-state index is 13.4. The molecule has 0 spiro atoms. The highest BCUT2D eigenvalue weighted by Crippen LogP contribution is 2.49. The molecular weight excluding hydrogens is 524 g/mol. The molecule has 3 atom stereocenters. The average Bonchev–Trinajstić information content (AvgIpc) is 2.82. The summed E-state index contributed by atoms with van der Waals surface area (Å²) in [6, 6.07) is 12.0. The second-order valence-electron chi connectivity index (χ2n) is 11.2. The van der Waals surface area contributed by atoms with Gasteiger partial charge in [-0.3, -0.25) is 4.79 Å². The predicted molar refractivity (Wildman–Crippen MR) is 139 cm³/mol. The van der Waals surface area contributed by atoms with E-state index in [-0.39, 0.29) is 18.8 Å². The van der Waals surface area contributed by atoms with Crippen molar-refractivity contribution in [3.05, 3.63) is 65.2 Å². The Hall–Kier alpha value is -2.49. The lowest BCUT2D eigenvalue weighted by atomic mass is 9.79. The van der Waals surface area contributed by atoms with Crippen LogP contribution in [0.1, 0.15) is 60.8 Å². The largest absolute Gasteiger partial charge is 0.469 e. The molecule has 0 amide bonds. The van der Waals surface area contributed by atoms with Crippen LogP contribution in [0, 0.1) is 0 Å². The summed E-state index contributed by atoms with van der Waals surface area (Å²) in [6.07, 6.45) is -8.93. The van der Waals surface area contributed by atoms with Gasteiger partial charge in [0.25, 0.3) is 0 Å². The van der Waals surface area contributed by atoms with Gasteiger partial charge < -0.3 is 9.64 Å². The van der Waals surface area contributed by atoms with Crippen molar-refractivity contribution in [1.29, 1.82) is 0 Å². The fourth-order valence-electron chi connectivity index (χ4n) is 5.22. The summed E-state index contributed by atoms with van der Waals surface area (Å²) in [7, 11) is -0.322. The van der Waals surface area contributed by atoms with Gasteiger partial charge in [0.1, 0.15) is 0 Å². The molecule has 0 radical (unpaired) electrons. The van der Waals surface area contributed by atoms with Gasteiger partial charge in [0.15, 0.2) is 0 Å². The number of halogens is 6. The number of anilines is 1. The molecule has 3 unspecified atom stereocenters. The van der Waals surface area contributed by atoms with Crippen molar-refractivity contribution in [2.24, 2.45) is 0 Å². The molecule has 38 heavy (non-hydrogen) atoms. The lowest BCUT2D eigenvalue weighted by Gasteiger charge is -2.47. The molecule has 0 fully saturated rings. The number of alkyl halides is 6. The van der Waals surface area contributed by atoms with Crippen molar-refractivity contribution in [1.82, 2.24) is 0 Å². The molecule has 1 aliphatic heterocycles. The maximum absolute atomic E-state index is 13.4. The molecule has 0 aliphatic carbocycles. The maximum Gasteiger partial charge on any atom is 0.416 e. The summed E-state index contributed by atoms with van der Waals surface area (Å²) in [5, 5.41) is 0. The Bertz CT molecular complexity index is 1060. The number of hydrogen-bond acceptors (Lipinski definition) is 3. The summed E-state index contributed by atoms with van der Waals surface area (Å²) in [5.74, 6) is -0.709. The zero-order valence-corrected chi connectivity index (χ0v) is 23.1. The van der Waals surface area contributed by atoms with E-state index in [2.05, 4.69) is 19.6 Å². The van der Waals surface area contributed by atoms with Crippen LogP contribution in [0.2, 0.25) is 25.7 Å². The number of ether oxygens (including phenoxy) is 1. The molecule has 1 aliphatic rings. The van der Waals surface area contributed by atoms with Gasteiger partial charge in [0, 0.05) is 26.2 Å². The van der Waals surface area contributed by atoms with E-state index >= 15 is 0 Å². The number of carbonyl (C=O) groups excluding carboxylic acids is 1. The van der Waals surface area contributed by atoms with Gasteiger partial charge in [-0.2, -0.15) is 26.3 Å². The van der Waals surface area contributed by atoms with E-state index in [4.69, 9.17) is 4.74 Å². The smallest absolute Gasteiger partial charge is 0.416 e.